The molecule has 0 saturated carbocycles. The molecular formula is C12H11FN2S2. The van der Waals surface area contributed by atoms with Crippen molar-refractivity contribution in [2.24, 2.45) is 4.99 Å². The third-order valence-corrected chi connectivity index (χ3v) is 4.82. The van der Waals surface area contributed by atoms with Crippen LogP contribution in [-0.4, -0.2) is 16.2 Å². The summed E-state index contributed by atoms with van der Waals surface area (Å²) in [7, 11) is 0. The van der Waals surface area contributed by atoms with E-state index in [1.807, 2.05) is 6.07 Å². The predicted molar refractivity (Wildman–Crippen MR) is 71.8 cm³/mol. The molecule has 1 aromatic rings. The van der Waals surface area contributed by atoms with E-state index < -0.39 is 0 Å². The highest BCUT2D eigenvalue weighted by atomic mass is 32.2. The summed E-state index contributed by atoms with van der Waals surface area (Å²) >= 11 is 3.28. The van der Waals surface area contributed by atoms with Crippen molar-refractivity contribution in [1.82, 2.24) is 0 Å². The van der Waals surface area contributed by atoms with Gasteiger partial charge in [-0.25, -0.2) is 4.39 Å². The molecule has 0 aliphatic carbocycles. The molecule has 0 aromatic heterocycles. The smallest absolute Gasteiger partial charge is 0.128 e. The fourth-order valence-corrected chi connectivity index (χ4v) is 3.59. The Bertz CT molecular complexity index is 494. The maximum atomic E-state index is 13.6. The topological polar surface area (TPSA) is 36.1 Å². The summed E-state index contributed by atoms with van der Waals surface area (Å²) in [6, 6.07) is 6.89. The molecule has 0 spiro atoms. The number of thioether (sulfide) groups is 2. The lowest BCUT2D eigenvalue weighted by Gasteiger charge is -2.02. The Hall–Kier alpha value is -0.990. The zero-order chi connectivity index (χ0) is 12.3. The van der Waals surface area contributed by atoms with Crippen LogP contribution >= 0.6 is 23.5 Å². The fourth-order valence-electron chi connectivity index (χ4n) is 1.40. The molecule has 1 atom stereocenters. The van der Waals surface area contributed by atoms with E-state index in [4.69, 9.17) is 5.26 Å². The summed E-state index contributed by atoms with van der Waals surface area (Å²) in [5, 5.41) is 8.64. The first-order chi connectivity index (χ1) is 8.19. The number of aliphatic imine (C=N–C) groups is 1. The Morgan fingerprint density at radius 3 is 3.06 bits per heavy atom. The second-order valence-corrected chi connectivity index (χ2v) is 5.99. The van der Waals surface area contributed by atoms with Crippen LogP contribution < -0.4 is 0 Å². The molecule has 1 heterocycles. The van der Waals surface area contributed by atoms with Crippen LogP contribution in [0.1, 0.15) is 18.1 Å². The fraction of sp³-hybridized carbons (Fsp3) is 0.333. The Morgan fingerprint density at radius 1 is 1.65 bits per heavy atom. The van der Waals surface area contributed by atoms with Crippen molar-refractivity contribution >= 4 is 27.9 Å². The molecule has 0 saturated heterocycles. The van der Waals surface area contributed by atoms with E-state index in [9.17, 15) is 4.39 Å². The van der Waals surface area contributed by atoms with Gasteiger partial charge in [0.05, 0.1) is 17.7 Å². The summed E-state index contributed by atoms with van der Waals surface area (Å²) in [6.07, 6.45) is 0. The largest absolute Gasteiger partial charge is 0.268 e. The lowest BCUT2D eigenvalue weighted by molar-refractivity contribution is 0.617. The molecule has 0 unspecified atom stereocenters. The standard InChI is InChI=1S/C12H11FN2S2/c1-8-6-16-12(15-8)17-7-10-3-2-9(5-14)4-11(10)13/h2-4,8H,6-7H2,1H3/t8-/m1/s1. The molecule has 2 rings (SSSR count). The van der Waals surface area contributed by atoms with Gasteiger partial charge >= 0.3 is 0 Å². The summed E-state index contributed by atoms with van der Waals surface area (Å²) in [4.78, 5) is 4.43. The molecule has 5 heteroatoms. The van der Waals surface area contributed by atoms with E-state index in [2.05, 4.69) is 11.9 Å². The first-order valence-electron chi connectivity index (χ1n) is 5.21. The maximum Gasteiger partial charge on any atom is 0.128 e. The molecule has 0 bridgehead atoms. The predicted octanol–water partition coefficient (Wildman–Crippen LogP) is 3.42. The molecule has 0 fully saturated rings. The van der Waals surface area contributed by atoms with E-state index in [0.717, 1.165) is 10.1 Å². The van der Waals surface area contributed by atoms with Gasteiger partial charge in [0, 0.05) is 11.5 Å². The van der Waals surface area contributed by atoms with Crippen LogP contribution in [0.25, 0.3) is 0 Å². The van der Waals surface area contributed by atoms with E-state index in [1.165, 1.54) is 6.07 Å². The van der Waals surface area contributed by atoms with Gasteiger partial charge in [0.25, 0.3) is 0 Å². The number of rotatable bonds is 2. The first kappa shape index (κ1) is 12.5. The first-order valence-corrected chi connectivity index (χ1v) is 7.18. The van der Waals surface area contributed by atoms with Crippen molar-refractivity contribution in [3.8, 4) is 6.07 Å². The number of hydrogen-bond acceptors (Lipinski definition) is 4. The van der Waals surface area contributed by atoms with Gasteiger partial charge in [0.1, 0.15) is 10.2 Å². The van der Waals surface area contributed by atoms with Crippen molar-refractivity contribution in [1.29, 1.82) is 5.26 Å². The number of hydrogen-bond donors (Lipinski definition) is 0. The van der Waals surface area contributed by atoms with E-state index in [0.29, 0.717) is 22.9 Å². The SMILES string of the molecule is C[C@@H]1CSC(SCc2ccc(C#N)cc2F)=N1. The van der Waals surface area contributed by atoms with Crippen molar-refractivity contribution < 1.29 is 4.39 Å². The zero-order valence-corrected chi connectivity index (χ0v) is 10.9. The van der Waals surface area contributed by atoms with Crippen LogP contribution in [-0.2, 0) is 5.75 Å². The molecule has 88 valence electrons. The molecule has 1 aliphatic heterocycles. The number of benzene rings is 1. The Balaban J connectivity index is 2.00. The van der Waals surface area contributed by atoms with Crippen molar-refractivity contribution in [2.45, 2.75) is 18.7 Å². The summed E-state index contributed by atoms with van der Waals surface area (Å²) in [5.74, 6) is 1.27. The van der Waals surface area contributed by atoms with Crippen LogP contribution in [0, 0.1) is 17.1 Å². The minimum atomic E-state index is -0.312. The maximum absolute atomic E-state index is 13.6. The minimum absolute atomic E-state index is 0.312. The van der Waals surface area contributed by atoms with Gasteiger partial charge in [0.2, 0.25) is 0 Å². The highest BCUT2D eigenvalue weighted by molar-refractivity contribution is 8.38. The quantitative estimate of drug-likeness (QED) is 0.823. The molecule has 0 radical (unpaired) electrons. The van der Waals surface area contributed by atoms with Crippen LogP contribution in [0.3, 0.4) is 0 Å². The van der Waals surface area contributed by atoms with Gasteiger partial charge in [-0.2, -0.15) is 5.26 Å². The van der Waals surface area contributed by atoms with Crippen LogP contribution in [0.4, 0.5) is 4.39 Å². The normalized spacial score (nSPS) is 18.9. The summed E-state index contributed by atoms with van der Waals surface area (Å²) in [5.41, 5.74) is 0.981. The highest BCUT2D eigenvalue weighted by Crippen LogP contribution is 2.28. The monoisotopic (exact) mass is 266 g/mol. The third kappa shape index (κ3) is 3.24. The van der Waals surface area contributed by atoms with Gasteiger partial charge < -0.3 is 0 Å². The lowest BCUT2D eigenvalue weighted by atomic mass is 10.1. The number of nitriles is 1. The second kappa shape index (κ2) is 5.56. The molecule has 1 aromatic carbocycles. The molecule has 0 amide bonds. The van der Waals surface area contributed by atoms with Crippen LogP contribution in [0.2, 0.25) is 0 Å². The van der Waals surface area contributed by atoms with Crippen molar-refractivity contribution in [2.75, 3.05) is 5.75 Å². The minimum Gasteiger partial charge on any atom is -0.268 e. The van der Waals surface area contributed by atoms with Crippen molar-refractivity contribution in [3.63, 3.8) is 0 Å². The van der Waals surface area contributed by atoms with Crippen LogP contribution in [0.15, 0.2) is 23.2 Å². The van der Waals surface area contributed by atoms with Crippen LogP contribution in [0.5, 0.6) is 0 Å². The van der Waals surface area contributed by atoms with Gasteiger partial charge in [-0.05, 0) is 24.6 Å². The van der Waals surface area contributed by atoms with Gasteiger partial charge in [-0.3, -0.25) is 4.99 Å². The van der Waals surface area contributed by atoms with Crippen molar-refractivity contribution in [3.05, 3.63) is 35.1 Å². The second-order valence-electron chi connectivity index (χ2n) is 3.76. The third-order valence-electron chi connectivity index (χ3n) is 2.31. The summed E-state index contributed by atoms with van der Waals surface area (Å²) in [6.45, 7) is 2.07. The van der Waals surface area contributed by atoms with E-state index >= 15 is 0 Å². The average Bonchev–Trinajstić information content (AvgIpc) is 2.73. The lowest BCUT2D eigenvalue weighted by Crippen LogP contribution is -1.92. The Kier molecular flexibility index (Phi) is 4.08. The average molecular weight is 266 g/mol. The summed E-state index contributed by atoms with van der Waals surface area (Å²) < 4.78 is 14.6. The van der Waals surface area contributed by atoms with E-state index in [-0.39, 0.29) is 5.82 Å². The molecular weight excluding hydrogens is 255 g/mol. The molecule has 17 heavy (non-hydrogen) atoms. The molecule has 2 nitrogen and oxygen atoms in total. The van der Waals surface area contributed by atoms with Gasteiger partial charge in [-0.15, -0.1) is 0 Å². The van der Waals surface area contributed by atoms with E-state index in [1.54, 1.807) is 35.7 Å². The Morgan fingerprint density at radius 2 is 2.47 bits per heavy atom. The highest BCUT2D eigenvalue weighted by Gasteiger charge is 2.15. The molecule has 0 N–H and O–H groups in total. The number of halogens is 1. The van der Waals surface area contributed by atoms with Gasteiger partial charge in [-0.1, -0.05) is 29.6 Å². The molecule has 1 aliphatic rings. The zero-order valence-electron chi connectivity index (χ0n) is 9.31. The Labute approximate surface area is 108 Å². The van der Waals surface area contributed by atoms with Gasteiger partial charge in [0.15, 0.2) is 0 Å². The number of nitrogens with zero attached hydrogens (tertiary/aromatic N) is 2.